The summed E-state index contributed by atoms with van der Waals surface area (Å²) in [5, 5.41) is 0. The standard InChI is InChI=1S/C14H21N3O/c1-11(2)16-8-9-17(14(16)18)13-5-3-4-12(10-13)6-7-15/h3-5,10-11H,6-9,15H2,1-2H3. The lowest BCUT2D eigenvalue weighted by Gasteiger charge is -2.22. The average Bonchev–Trinajstić information content (AvgIpc) is 2.72. The predicted molar refractivity (Wildman–Crippen MR) is 73.8 cm³/mol. The van der Waals surface area contributed by atoms with Crippen LogP contribution in [0.2, 0.25) is 0 Å². The first kappa shape index (κ1) is 12.9. The van der Waals surface area contributed by atoms with Gasteiger partial charge < -0.3 is 10.6 Å². The molecule has 1 saturated heterocycles. The zero-order valence-electron chi connectivity index (χ0n) is 11.1. The number of rotatable bonds is 4. The Hall–Kier alpha value is -1.55. The fraction of sp³-hybridized carbons (Fsp3) is 0.500. The third-order valence-electron chi connectivity index (χ3n) is 3.32. The van der Waals surface area contributed by atoms with Gasteiger partial charge in [-0.25, -0.2) is 4.79 Å². The van der Waals surface area contributed by atoms with Crippen LogP contribution in [-0.4, -0.2) is 36.6 Å². The molecule has 0 saturated carbocycles. The highest BCUT2D eigenvalue weighted by Gasteiger charge is 2.30. The van der Waals surface area contributed by atoms with Gasteiger partial charge in [0.25, 0.3) is 0 Å². The van der Waals surface area contributed by atoms with E-state index in [4.69, 9.17) is 5.73 Å². The van der Waals surface area contributed by atoms with Gasteiger partial charge in [-0.2, -0.15) is 0 Å². The molecule has 0 atom stereocenters. The van der Waals surface area contributed by atoms with Gasteiger partial charge in [0.1, 0.15) is 0 Å². The number of carbonyl (C=O) groups is 1. The number of hydrogen-bond donors (Lipinski definition) is 1. The normalized spacial score (nSPS) is 15.9. The maximum Gasteiger partial charge on any atom is 0.324 e. The number of nitrogens with two attached hydrogens (primary N) is 1. The van der Waals surface area contributed by atoms with Crippen molar-refractivity contribution in [3.05, 3.63) is 29.8 Å². The van der Waals surface area contributed by atoms with E-state index in [9.17, 15) is 4.79 Å². The lowest BCUT2D eigenvalue weighted by Crippen LogP contribution is -2.36. The summed E-state index contributed by atoms with van der Waals surface area (Å²) in [5.74, 6) is 0. The van der Waals surface area contributed by atoms with Crippen LogP contribution in [0.25, 0.3) is 0 Å². The zero-order chi connectivity index (χ0) is 13.1. The smallest absolute Gasteiger partial charge is 0.324 e. The molecular weight excluding hydrogens is 226 g/mol. The summed E-state index contributed by atoms with van der Waals surface area (Å²) in [4.78, 5) is 16.0. The lowest BCUT2D eigenvalue weighted by molar-refractivity contribution is 0.209. The predicted octanol–water partition coefficient (Wildman–Crippen LogP) is 1.84. The second-order valence-electron chi connectivity index (χ2n) is 4.93. The molecule has 0 aromatic heterocycles. The van der Waals surface area contributed by atoms with Gasteiger partial charge in [-0.05, 0) is 44.5 Å². The van der Waals surface area contributed by atoms with Gasteiger partial charge in [0.05, 0.1) is 0 Å². The Morgan fingerprint density at radius 2 is 2.11 bits per heavy atom. The maximum absolute atomic E-state index is 12.2. The van der Waals surface area contributed by atoms with E-state index < -0.39 is 0 Å². The fourth-order valence-corrected chi connectivity index (χ4v) is 2.32. The monoisotopic (exact) mass is 247 g/mol. The number of urea groups is 1. The van der Waals surface area contributed by atoms with Gasteiger partial charge in [-0.3, -0.25) is 4.90 Å². The number of benzene rings is 1. The van der Waals surface area contributed by atoms with Crippen LogP contribution in [-0.2, 0) is 6.42 Å². The van der Waals surface area contributed by atoms with Crippen molar-refractivity contribution < 1.29 is 4.79 Å². The van der Waals surface area contributed by atoms with Crippen LogP contribution in [0, 0.1) is 0 Å². The van der Waals surface area contributed by atoms with Gasteiger partial charge >= 0.3 is 6.03 Å². The first-order valence-corrected chi connectivity index (χ1v) is 6.50. The van der Waals surface area contributed by atoms with Crippen molar-refractivity contribution in [2.45, 2.75) is 26.3 Å². The molecule has 2 amide bonds. The van der Waals surface area contributed by atoms with Gasteiger partial charge in [0.2, 0.25) is 0 Å². The molecule has 0 aliphatic carbocycles. The third kappa shape index (κ3) is 2.48. The molecule has 1 aliphatic rings. The van der Waals surface area contributed by atoms with E-state index in [1.807, 2.05) is 35.8 Å². The highest BCUT2D eigenvalue weighted by molar-refractivity contribution is 5.94. The molecule has 4 nitrogen and oxygen atoms in total. The molecule has 0 radical (unpaired) electrons. The Morgan fingerprint density at radius 1 is 1.33 bits per heavy atom. The highest BCUT2D eigenvalue weighted by atomic mass is 16.2. The SMILES string of the molecule is CC(C)N1CCN(c2cccc(CCN)c2)C1=O. The molecule has 1 fully saturated rings. The number of hydrogen-bond acceptors (Lipinski definition) is 2. The van der Waals surface area contributed by atoms with E-state index in [0.29, 0.717) is 6.54 Å². The van der Waals surface area contributed by atoms with Gasteiger partial charge in [0, 0.05) is 24.8 Å². The number of carbonyl (C=O) groups excluding carboxylic acids is 1. The Kier molecular flexibility index (Phi) is 3.87. The molecular formula is C14H21N3O. The lowest BCUT2D eigenvalue weighted by atomic mass is 10.1. The fourth-order valence-electron chi connectivity index (χ4n) is 2.32. The Balaban J connectivity index is 2.17. The van der Waals surface area contributed by atoms with E-state index in [1.165, 1.54) is 5.56 Å². The summed E-state index contributed by atoms with van der Waals surface area (Å²) >= 11 is 0. The van der Waals surface area contributed by atoms with Crippen LogP contribution >= 0.6 is 0 Å². The highest BCUT2D eigenvalue weighted by Crippen LogP contribution is 2.22. The molecule has 0 spiro atoms. The quantitative estimate of drug-likeness (QED) is 0.882. The minimum absolute atomic E-state index is 0.106. The van der Waals surface area contributed by atoms with Crippen molar-refractivity contribution in [2.24, 2.45) is 5.73 Å². The average molecular weight is 247 g/mol. The summed E-state index contributed by atoms with van der Waals surface area (Å²) in [6, 6.07) is 8.46. The molecule has 0 unspecified atom stereocenters. The summed E-state index contributed by atoms with van der Waals surface area (Å²) < 4.78 is 0. The van der Waals surface area contributed by atoms with Crippen LogP contribution in [0.15, 0.2) is 24.3 Å². The van der Waals surface area contributed by atoms with Crippen molar-refractivity contribution in [2.75, 3.05) is 24.5 Å². The largest absolute Gasteiger partial charge is 0.330 e. The Labute approximate surface area is 108 Å². The molecule has 2 rings (SSSR count). The van der Waals surface area contributed by atoms with Crippen LogP contribution in [0.4, 0.5) is 10.5 Å². The van der Waals surface area contributed by atoms with E-state index in [-0.39, 0.29) is 12.1 Å². The third-order valence-corrected chi connectivity index (χ3v) is 3.32. The molecule has 2 N–H and O–H groups in total. The number of nitrogens with zero attached hydrogens (tertiary/aromatic N) is 2. The summed E-state index contributed by atoms with van der Waals surface area (Å²) in [6.07, 6.45) is 0.851. The molecule has 98 valence electrons. The summed E-state index contributed by atoms with van der Waals surface area (Å²) in [7, 11) is 0. The first-order valence-electron chi connectivity index (χ1n) is 6.50. The first-order chi connectivity index (χ1) is 8.63. The van der Waals surface area contributed by atoms with Crippen LogP contribution < -0.4 is 10.6 Å². The zero-order valence-corrected chi connectivity index (χ0v) is 11.1. The van der Waals surface area contributed by atoms with Crippen LogP contribution in [0.5, 0.6) is 0 Å². The Morgan fingerprint density at radius 3 is 2.72 bits per heavy atom. The summed E-state index contributed by atoms with van der Waals surface area (Å²) in [6.45, 7) is 6.30. The Bertz CT molecular complexity index is 431. The van der Waals surface area contributed by atoms with Gasteiger partial charge in [-0.15, -0.1) is 0 Å². The number of anilines is 1. The van der Waals surface area contributed by atoms with E-state index >= 15 is 0 Å². The maximum atomic E-state index is 12.2. The molecule has 1 heterocycles. The van der Waals surface area contributed by atoms with E-state index in [1.54, 1.807) is 0 Å². The molecule has 4 heteroatoms. The molecule has 0 bridgehead atoms. The van der Waals surface area contributed by atoms with Crippen molar-refractivity contribution in [3.8, 4) is 0 Å². The molecule has 1 aromatic carbocycles. The number of amides is 2. The minimum Gasteiger partial charge on any atom is -0.330 e. The summed E-state index contributed by atoms with van der Waals surface area (Å²) in [5.41, 5.74) is 7.73. The van der Waals surface area contributed by atoms with Crippen LogP contribution in [0.1, 0.15) is 19.4 Å². The topological polar surface area (TPSA) is 49.6 Å². The van der Waals surface area contributed by atoms with Crippen LogP contribution in [0.3, 0.4) is 0 Å². The van der Waals surface area contributed by atoms with Crippen molar-refractivity contribution >= 4 is 11.7 Å². The second-order valence-corrected chi connectivity index (χ2v) is 4.93. The molecule has 18 heavy (non-hydrogen) atoms. The second kappa shape index (κ2) is 5.40. The molecule has 1 aliphatic heterocycles. The minimum atomic E-state index is 0.106. The van der Waals surface area contributed by atoms with E-state index in [0.717, 1.165) is 25.2 Å². The molecule has 1 aromatic rings. The van der Waals surface area contributed by atoms with Crippen molar-refractivity contribution in [1.29, 1.82) is 0 Å². The van der Waals surface area contributed by atoms with Crippen molar-refractivity contribution in [1.82, 2.24) is 4.90 Å². The van der Waals surface area contributed by atoms with Gasteiger partial charge in [0.15, 0.2) is 0 Å². The van der Waals surface area contributed by atoms with Gasteiger partial charge in [-0.1, -0.05) is 12.1 Å². The van der Waals surface area contributed by atoms with Crippen molar-refractivity contribution in [3.63, 3.8) is 0 Å². The van der Waals surface area contributed by atoms with E-state index in [2.05, 4.69) is 12.1 Å².